The molecule has 14 heavy (non-hydrogen) atoms. The van der Waals surface area contributed by atoms with E-state index in [1.54, 1.807) is 0 Å². The first kappa shape index (κ1) is 13.9. The Kier molecular flexibility index (Phi) is 6.37. The Balaban J connectivity index is 0.00000169. The maximum atomic E-state index is 11.7. The van der Waals surface area contributed by atoms with Crippen molar-refractivity contribution in [2.24, 2.45) is 0 Å². The van der Waals surface area contributed by atoms with Gasteiger partial charge in [0.05, 0.1) is 0 Å². The first-order valence-corrected chi connectivity index (χ1v) is 5.11. The topological polar surface area (TPSA) is 17.1 Å². The summed E-state index contributed by atoms with van der Waals surface area (Å²) in [6.45, 7) is 3.96. The van der Waals surface area contributed by atoms with Crippen molar-refractivity contribution in [3.05, 3.63) is 34.9 Å². The van der Waals surface area contributed by atoms with E-state index in [1.165, 1.54) is 0 Å². The van der Waals surface area contributed by atoms with Crippen LogP contribution in [0.15, 0.2) is 18.2 Å². The van der Waals surface area contributed by atoms with Crippen LogP contribution in [0.2, 0.25) is 0 Å². The quantitative estimate of drug-likeness (QED) is 0.382. The normalized spacial score (nSPS) is 9.36. The van der Waals surface area contributed by atoms with Crippen molar-refractivity contribution < 1.29 is 23.7 Å². The van der Waals surface area contributed by atoms with Gasteiger partial charge < -0.3 is 9.24 Å². The van der Waals surface area contributed by atoms with Crippen LogP contribution in [-0.2, 0) is 0 Å². The summed E-state index contributed by atoms with van der Waals surface area (Å²) in [6, 6.07) is 5.94. The molecule has 0 N–H and O–H groups in total. The summed E-state index contributed by atoms with van der Waals surface area (Å²) in [5.41, 5.74) is 3.04. The van der Waals surface area contributed by atoms with Gasteiger partial charge in [-0.2, -0.15) is 6.16 Å². The van der Waals surface area contributed by atoms with Gasteiger partial charge in [0.15, 0.2) is 5.78 Å². The maximum Gasteiger partial charge on any atom is 1.00 e. The number of carbonyl (C=O) groups excluding carboxylic acids is 1. The second-order valence-corrected chi connectivity index (χ2v) is 3.69. The molecule has 0 heterocycles. The molecule has 0 spiro atoms. The second-order valence-electron chi connectivity index (χ2n) is 3.19. The molecule has 0 aliphatic rings. The van der Waals surface area contributed by atoms with Crippen LogP contribution in [0, 0.1) is 13.8 Å². The number of hydrogen-bond donors (Lipinski definition) is 0. The van der Waals surface area contributed by atoms with Crippen LogP contribution in [0.5, 0.6) is 0 Å². The molecule has 1 aromatic carbocycles. The van der Waals surface area contributed by atoms with Crippen molar-refractivity contribution in [2.75, 3.05) is 6.16 Å². The molecule has 0 aliphatic carbocycles. The van der Waals surface area contributed by atoms with Gasteiger partial charge in [-0.1, -0.05) is 18.2 Å². The summed E-state index contributed by atoms with van der Waals surface area (Å²) < 4.78 is 0. The average Bonchev–Trinajstić information content (AvgIpc) is 2.04. The fourth-order valence-electron chi connectivity index (χ4n) is 1.49. The van der Waals surface area contributed by atoms with Crippen LogP contribution in [0.1, 0.15) is 27.9 Å². The van der Waals surface area contributed by atoms with E-state index in [0.717, 1.165) is 22.9 Å². The molecular formula is C11H14LiOP. The van der Waals surface area contributed by atoms with E-state index in [2.05, 4.69) is 9.24 Å². The van der Waals surface area contributed by atoms with Gasteiger partial charge in [0.1, 0.15) is 0 Å². The third-order valence-corrected chi connectivity index (χ3v) is 2.36. The monoisotopic (exact) mass is 200 g/mol. The minimum atomic E-state index is 0. The number of rotatable bonds is 3. The first-order valence-electron chi connectivity index (χ1n) is 4.41. The van der Waals surface area contributed by atoms with Crippen molar-refractivity contribution in [1.82, 2.24) is 0 Å². The number of hydrogen-bond acceptors (Lipinski definition) is 1. The molecule has 0 unspecified atom stereocenters. The fourth-order valence-corrected chi connectivity index (χ4v) is 1.72. The predicted octanol–water partition coefficient (Wildman–Crippen LogP) is 0.0230. The molecule has 0 atom stereocenters. The van der Waals surface area contributed by atoms with Crippen molar-refractivity contribution in [3.63, 3.8) is 0 Å². The minimum absolute atomic E-state index is 0. The van der Waals surface area contributed by atoms with Crippen molar-refractivity contribution in [2.45, 2.75) is 20.3 Å². The van der Waals surface area contributed by atoms with Crippen LogP contribution in [-0.4, -0.2) is 11.9 Å². The molecule has 0 bridgehead atoms. The standard InChI is InChI=1S/C11H14OP.Li/c1-8-4-3-5-9(2)11(8)10(12)6-7-13;/h3-5,13H,6-7H2,1-2H3;/q-1;+1. The third kappa shape index (κ3) is 3.25. The molecular weight excluding hydrogens is 186 g/mol. The van der Waals surface area contributed by atoms with Gasteiger partial charge in [-0.05, 0) is 31.4 Å². The van der Waals surface area contributed by atoms with Crippen LogP contribution < -0.4 is 18.9 Å². The van der Waals surface area contributed by atoms with Crippen LogP contribution in [0.3, 0.4) is 0 Å². The van der Waals surface area contributed by atoms with E-state index in [-0.39, 0.29) is 24.6 Å². The van der Waals surface area contributed by atoms with Gasteiger partial charge >= 0.3 is 18.9 Å². The Labute approximate surface area is 100 Å². The van der Waals surface area contributed by atoms with Gasteiger partial charge in [0.25, 0.3) is 0 Å². The van der Waals surface area contributed by atoms with E-state index in [0.29, 0.717) is 6.42 Å². The summed E-state index contributed by atoms with van der Waals surface area (Å²) in [5, 5.41) is 0. The Morgan fingerprint density at radius 2 is 1.79 bits per heavy atom. The zero-order valence-corrected chi connectivity index (χ0v) is 10.1. The average molecular weight is 200 g/mol. The third-order valence-electron chi connectivity index (χ3n) is 2.11. The Morgan fingerprint density at radius 3 is 2.21 bits per heavy atom. The van der Waals surface area contributed by atoms with Gasteiger partial charge in [-0.3, -0.25) is 4.79 Å². The number of ketones is 1. The van der Waals surface area contributed by atoms with E-state index >= 15 is 0 Å². The van der Waals surface area contributed by atoms with Gasteiger partial charge in [-0.15, -0.1) is 0 Å². The van der Waals surface area contributed by atoms with Crippen LogP contribution in [0.4, 0.5) is 0 Å². The molecule has 0 aliphatic heterocycles. The van der Waals surface area contributed by atoms with Crippen LogP contribution >= 0.6 is 9.24 Å². The fraction of sp³-hybridized carbons (Fsp3) is 0.364. The summed E-state index contributed by atoms with van der Waals surface area (Å²) in [6.07, 6.45) is 1.30. The molecule has 1 rings (SSSR count). The smallest absolute Gasteiger partial charge is 0.558 e. The molecule has 1 aromatic rings. The van der Waals surface area contributed by atoms with Crippen LogP contribution in [0.25, 0.3) is 0 Å². The molecule has 0 amide bonds. The molecule has 0 aromatic heterocycles. The molecule has 0 saturated heterocycles. The van der Waals surface area contributed by atoms with Crippen molar-refractivity contribution in [3.8, 4) is 0 Å². The van der Waals surface area contributed by atoms with Gasteiger partial charge in [0.2, 0.25) is 0 Å². The van der Waals surface area contributed by atoms with E-state index in [4.69, 9.17) is 0 Å². The number of aryl methyl sites for hydroxylation is 2. The summed E-state index contributed by atoms with van der Waals surface area (Å²) in [7, 11) is 3.32. The number of benzene rings is 1. The molecule has 0 radical (unpaired) electrons. The largest absolute Gasteiger partial charge is 1.00 e. The first-order chi connectivity index (χ1) is 6.16. The second kappa shape index (κ2) is 6.41. The number of carbonyl (C=O) groups is 1. The predicted molar refractivity (Wildman–Crippen MR) is 58.0 cm³/mol. The Hall–Kier alpha value is -0.0826. The SMILES string of the molecule is Cc1cccc(C)c1C(=O)CC[PH-].[Li+]. The molecule has 0 fully saturated rings. The van der Waals surface area contributed by atoms with E-state index < -0.39 is 0 Å². The summed E-state index contributed by atoms with van der Waals surface area (Å²) >= 11 is 0. The van der Waals surface area contributed by atoms with Gasteiger partial charge in [0, 0.05) is 5.56 Å². The Bertz CT molecular complexity index is 303. The minimum Gasteiger partial charge on any atom is -0.558 e. The molecule has 1 nitrogen and oxygen atoms in total. The maximum absolute atomic E-state index is 11.7. The van der Waals surface area contributed by atoms with Crippen molar-refractivity contribution in [1.29, 1.82) is 0 Å². The van der Waals surface area contributed by atoms with Crippen molar-refractivity contribution >= 4 is 15.0 Å². The molecule has 3 heteroatoms. The van der Waals surface area contributed by atoms with E-state index in [9.17, 15) is 4.79 Å². The van der Waals surface area contributed by atoms with E-state index in [1.807, 2.05) is 32.0 Å². The summed E-state index contributed by atoms with van der Waals surface area (Å²) in [5.74, 6) is 0.227. The zero-order chi connectivity index (χ0) is 9.84. The summed E-state index contributed by atoms with van der Waals surface area (Å²) in [4.78, 5) is 11.7. The zero-order valence-electron chi connectivity index (χ0n) is 9.05. The van der Waals surface area contributed by atoms with Gasteiger partial charge in [-0.25, -0.2) is 0 Å². The molecule has 70 valence electrons. The molecule has 0 saturated carbocycles. The number of Topliss-reactive ketones (excluding diaryl/α,β-unsaturated/α-hetero) is 1. The Morgan fingerprint density at radius 1 is 1.29 bits per heavy atom.